The second kappa shape index (κ2) is 8.88. The molecule has 0 saturated heterocycles. The molecule has 1 aliphatic heterocycles. The van der Waals surface area contributed by atoms with Crippen LogP contribution in [0.5, 0.6) is 0 Å². The highest BCUT2D eigenvalue weighted by atomic mass is 127. The predicted octanol–water partition coefficient (Wildman–Crippen LogP) is 2.43. The van der Waals surface area contributed by atoms with E-state index >= 15 is 0 Å². The van der Waals surface area contributed by atoms with Gasteiger partial charge in [0, 0.05) is 46.0 Å². The molecule has 2 aromatic heterocycles. The summed E-state index contributed by atoms with van der Waals surface area (Å²) in [6, 6.07) is 1.97. The zero-order valence-electron chi connectivity index (χ0n) is 14.9. The van der Waals surface area contributed by atoms with Gasteiger partial charge in [-0.15, -0.1) is 34.2 Å². The molecule has 0 atom stereocenters. The van der Waals surface area contributed by atoms with Crippen LogP contribution in [0.15, 0.2) is 17.3 Å². The monoisotopic (exact) mass is 477 g/mol. The highest BCUT2D eigenvalue weighted by Gasteiger charge is 2.16. The van der Waals surface area contributed by atoms with Gasteiger partial charge in [-0.2, -0.15) is 0 Å². The zero-order chi connectivity index (χ0) is 17.1. The van der Waals surface area contributed by atoms with E-state index < -0.39 is 0 Å². The molecule has 0 unspecified atom stereocenters. The minimum atomic E-state index is 0. The lowest BCUT2D eigenvalue weighted by Gasteiger charge is -2.22. The number of nitrogens with zero attached hydrogens (tertiary/aromatic N) is 6. The number of hydrogen-bond acceptors (Lipinski definition) is 3. The first kappa shape index (κ1) is 20.0. The van der Waals surface area contributed by atoms with Crippen LogP contribution in [0.1, 0.15) is 30.2 Å². The fraction of sp³-hybridized carbons (Fsp3) is 0.562. The molecule has 1 aliphatic rings. The van der Waals surface area contributed by atoms with Crippen LogP contribution in [0, 0.1) is 0 Å². The number of aromatic nitrogens is 4. The predicted molar refractivity (Wildman–Crippen MR) is 110 cm³/mol. The Kier molecular flexibility index (Phi) is 7.12. The van der Waals surface area contributed by atoms with Crippen LogP contribution < -0.4 is 5.32 Å². The third-order valence-corrected chi connectivity index (χ3v) is 4.59. The fourth-order valence-corrected chi connectivity index (χ4v) is 3.36. The molecule has 3 rings (SSSR count). The first-order valence-corrected chi connectivity index (χ1v) is 8.59. The van der Waals surface area contributed by atoms with Gasteiger partial charge < -0.3 is 19.4 Å². The maximum absolute atomic E-state index is 6.06. The first-order valence-electron chi connectivity index (χ1n) is 8.22. The number of aryl methyl sites for hydroxylation is 2. The Balaban J connectivity index is 0.00000225. The van der Waals surface area contributed by atoms with E-state index in [2.05, 4.69) is 30.0 Å². The average molecular weight is 478 g/mol. The molecule has 0 amide bonds. The largest absolute Gasteiger partial charge is 0.351 e. The van der Waals surface area contributed by atoms with Crippen molar-refractivity contribution in [3.05, 3.63) is 34.6 Å². The van der Waals surface area contributed by atoms with Gasteiger partial charge in [0.05, 0.1) is 18.1 Å². The molecule has 25 heavy (non-hydrogen) atoms. The van der Waals surface area contributed by atoms with Crippen molar-refractivity contribution < 1.29 is 0 Å². The topological polar surface area (TPSA) is 63.3 Å². The van der Waals surface area contributed by atoms with Crippen LogP contribution in [-0.4, -0.2) is 44.3 Å². The van der Waals surface area contributed by atoms with Crippen molar-refractivity contribution in [1.82, 2.24) is 29.5 Å². The summed E-state index contributed by atoms with van der Waals surface area (Å²) >= 11 is 6.06. The van der Waals surface area contributed by atoms with Gasteiger partial charge in [0.2, 0.25) is 0 Å². The quantitative estimate of drug-likeness (QED) is 0.417. The normalized spacial score (nSPS) is 14.0. The molecule has 1 N–H and O–H groups in total. The lowest BCUT2D eigenvalue weighted by molar-refractivity contribution is 0.456. The van der Waals surface area contributed by atoms with Crippen molar-refractivity contribution >= 4 is 41.5 Å². The van der Waals surface area contributed by atoms with Crippen molar-refractivity contribution in [2.45, 2.75) is 38.9 Å². The summed E-state index contributed by atoms with van der Waals surface area (Å²) < 4.78 is 4.25. The molecule has 138 valence electrons. The van der Waals surface area contributed by atoms with Gasteiger partial charge in [-0.05, 0) is 18.9 Å². The molecule has 2 aromatic rings. The number of nitrogens with one attached hydrogen (secondary N) is 1. The number of fused-ring (bicyclic) bond motifs is 1. The number of guanidine groups is 1. The molecule has 0 saturated carbocycles. The lowest BCUT2D eigenvalue weighted by atomic mass is 10.2. The van der Waals surface area contributed by atoms with Crippen LogP contribution in [0.2, 0.25) is 5.02 Å². The SMILES string of the molecule is CN=C(NCc1nnc2n1CCCC2)N(C)Cc1cc(Cl)cn1C.I. The Morgan fingerprint density at radius 2 is 2.20 bits per heavy atom. The second-order valence-electron chi connectivity index (χ2n) is 6.16. The first-order chi connectivity index (χ1) is 11.6. The lowest BCUT2D eigenvalue weighted by Crippen LogP contribution is -2.39. The Labute approximate surface area is 170 Å². The highest BCUT2D eigenvalue weighted by molar-refractivity contribution is 14.0. The Morgan fingerprint density at radius 1 is 1.40 bits per heavy atom. The molecular formula is C16H25ClIN7. The van der Waals surface area contributed by atoms with Crippen LogP contribution in [0.4, 0.5) is 0 Å². The summed E-state index contributed by atoms with van der Waals surface area (Å²) in [5.74, 6) is 2.89. The molecule has 3 heterocycles. The molecule has 0 spiro atoms. The van der Waals surface area contributed by atoms with E-state index in [0.717, 1.165) is 47.8 Å². The number of rotatable bonds is 4. The molecule has 0 aromatic carbocycles. The molecule has 0 bridgehead atoms. The summed E-state index contributed by atoms with van der Waals surface area (Å²) in [6.07, 6.45) is 5.33. The fourth-order valence-electron chi connectivity index (χ4n) is 3.08. The van der Waals surface area contributed by atoms with E-state index in [-0.39, 0.29) is 24.0 Å². The number of hydrogen-bond donors (Lipinski definition) is 1. The van der Waals surface area contributed by atoms with Gasteiger partial charge in [-0.3, -0.25) is 4.99 Å². The smallest absolute Gasteiger partial charge is 0.194 e. The standard InChI is InChI=1S/C16H24ClN7.HI/c1-18-16(23(3)11-13-8-12(17)10-22(13)2)19-9-15-21-20-14-6-4-5-7-24(14)15;/h8,10H,4-7,9,11H2,1-3H3,(H,18,19);1H. The Morgan fingerprint density at radius 3 is 2.88 bits per heavy atom. The summed E-state index contributed by atoms with van der Waals surface area (Å²) in [7, 11) is 5.79. The minimum Gasteiger partial charge on any atom is -0.351 e. The molecule has 7 nitrogen and oxygen atoms in total. The van der Waals surface area contributed by atoms with Gasteiger partial charge in [0.1, 0.15) is 5.82 Å². The maximum Gasteiger partial charge on any atom is 0.194 e. The van der Waals surface area contributed by atoms with Crippen LogP contribution in [0.25, 0.3) is 0 Å². The van der Waals surface area contributed by atoms with E-state index in [4.69, 9.17) is 11.6 Å². The van der Waals surface area contributed by atoms with Gasteiger partial charge in [0.15, 0.2) is 11.8 Å². The van der Waals surface area contributed by atoms with Crippen molar-refractivity contribution in [3.8, 4) is 0 Å². The van der Waals surface area contributed by atoms with E-state index in [1.807, 2.05) is 30.9 Å². The van der Waals surface area contributed by atoms with Crippen LogP contribution in [0.3, 0.4) is 0 Å². The average Bonchev–Trinajstić information content (AvgIpc) is 3.11. The van der Waals surface area contributed by atoms with E-state index in [9.17, 15) is 0 Å². The molecule has 9 heteroatoms. The van der Waals surface area contributed by atoms with Gasteiger partial charge in [-0.25, -0.2) is 0 Å². The van der Waals surface area contributed by atoms with E-state index in [1.165, 1.54) is 12.8 Å². The van der Waals surface area contributed by atoms with Crippen molar-refractivity contribution in [1.29, 1.82) is 0 Å². The summed E-state index contributed by atoms with van der Waals surface area (Å²) in [6.45, 7) is 2.36. The third-order valence-electron chi connectivity index (χ3n) is 4.39. The van der Waals surface area contributed by atoms with Crippen LogP contribution >= 0.6 is 35.6 Å². The van der Waals surface area contributed by atoms with Gasteiger partial charge in [-0.1, -0.05) is 11.6 Å². The third kappa shape index (κ3) is 4.66. The second-order valence-corrected chi connectivity index (χ2v) is 6.60. The van der Waals surface area contributed by atoms with E-state index in [0.29, 0.717) is 6.54 Å². The van der Waals surface area contributed by atoms with Crippen LogP contribution in [-0.2, 0) is 33.1 Å². The van der Waals surface area contributed by atoms with Crippen molar-refractivity contribution in [3.63, 3.8) is 0 Å². The van der Waals surface area contributed by atoms with Crippen molar-refractivity contribution in [2.75, 3.05) is 14.1 Å². The molecular weight excluding hydrogens is 453 g/mol. The molecule has 0 aliphatic carbocycles. The maximum atomic E-state index is 6.06. The van der Waals surface area contributed by atoms with Crippen molar-refractivity contribution in [2.24, 2.45) is 12.0 Å². The minimum absolute atomic E-state index is 0. The van der Waals surface area contributed by atoms with Gasteiger partial charge >= 0.3 is 0 Å². The summed E-state index contributed by atoms with van der Waals surface area (Å²) in [4.78, 5) is 6.43. The van der Waals surface area contributed by atoms with Gasteiger partial charge in [0.25, 0.3) is 0 Å². The van der Waals surface area contributed by atoms with E-state index in [1.54, 1.807) is 7.05 Å². The summed E-state index contributed by atoms with van der Waals surface area (Å²) in [5.41, 5.74) is 1.13. The molecule has 0 fully saturated rings. The summed E-state index contributed by atoms with van der Waals surface area (Å²) in [5, 5.41) is 12.7. The zero-order valence-corrected chi connectivity index (χ0v) is 18.0. The molecule has 0 radical (unpaired) electrons. The Bertz CT molecular complexity index is 737. The highest BCUT2D eigenvalue weighted by Crippen LogP contribution is 2.15. The number of halogens is 2. The Hall–Kier alpha value is -1.29. The number of aliphatic imine (C=N–C) groups is 1.